The lowest BCUT2D eigenvalue weighted by atomic mass is 9.85. The number of carbonyl (C=O) groups is 1. The van der Waals surface area contributed by atoms with Crippen LogP contribution in [0.25, 0.3) is 0 Å². The molecule has 1 fully saturated rings. The van der Waals surface area contributed by atoms with Gasteiger partial charge in [0, 0.05) is 25.0 Å². The molecule has 1 saturated heterocycles. The van der Waals surface area contributed by atoms with Crippen LogP contribution in [-0.4, -0.2) is 29.4 Å². The van der Waals surface area contributed by atoms with E-state index < -0.39 is 0 Å². The fraction of sp³-hybridized carbons (Fsp3) is 0.929. The highest BCUT2D eigenvalue weighted by Gasteiger charge is 2.32. The van der Waals surface area contributed by atoms with Gasteiger partial charge >= 0.3 is 0 Å². The summed E-state index contributed by atoms with van der Waals surface area (Å²) in [6.45, 7) is 11.7. The minimum absolute atomic E-state index is 0.0118. The van der Waals surface area contributed by atoms with Gasteiger partial charge in [-0.2, -0.15) is 0 Å². The number of rotatable bonds is 3. The van der Waals surface area contributed by atoms with Gasteiger partial charge < -0.3 is 10.6 Å². The minimum Gasteiger partial charge on any atom is -0.339 e. The first-order valence-corrected chi connectivity index (χ1v) is 6.88. The molecule has 4 atom stereocenters. The van der Waals surface area contributed by atoms with Crippen LogP contribution >= 0.6 is 0 Å². The Labute approximate surface area is 106 Å². The second kappa shape index (κ2) is 5.85. The Kier molecular flexibility index (Phi) is 4.99. The zero-order valence-electron chi connectivity index (χ0n) is 11.9. The van der Waals surface area contributed by atoms with Gasteiger partial charge in [-0.3, -0.25) is 4.79 Å². The van der Waals surface area contributed by atoms with Gasteiger partial charge in [0.05, 0.1) is 0 Å². The van der Waals surface area contributed by atoms with Gasteiger partial charge in [-0.1, -0.05) is 27.7 Å². The highest BCUT2D eigenvalue weighted by Crippen LogP contribution is 2.27. The number of piperidine rings is 1. The third-order valence-corrected chi connectivity index (χ3v) is 4.18. The third kappa shape index (κ3) is 3.70. The molecule has 0 spiro atoms. The quantitative estimate of drug-likeness (QED) is 0.822. The third-order valence-electron chi connectivity index (χ3n) is 4.18. The number of nitrogens with zero attached hydrogens (tertiary/aromatic N) is 1. The van der Waals surface area contributed by atoms with Crippen LogP contribution in [0.3, 0.4) is 0 Å². The predicted molar refractivity (Wildman–Crippen MR) is 71.6 cm³/mol. The molecule has 100 valence electrons. The van der Waals surface area contributed by atoms with Crippen molar-refractivity contribution in [2.24, 2.45) is 23.5 Å². The molecule has 0 aliphatic carbocycles. The van der Waals surface area contributed by atoms with Crippen molar-refractivity contribution in [1.29, 1.82) is 0 Å². The number of likely N-dealkylation sites (tertiary alicyclic amines) is 1. The van der Waals surface area contributed by atoms with Crippen LogP contribution < -0.4 is 5.73 Å². The first kappa shape index (κ1) is 14.5. The van der Waals surface area contributed by atoms with E-state index in [0.717, 1.165) is 6.54 Å². The van der Waals surface area contributed by atoms with E-state index in [2.05, 4.69) is 34.6 Å². The Morgan fingerprint density at radius 1 is 1.35 bits per heavy atom. The van der Waals surface area contributed by atoms with Crippen LogP contribution in [0.5, 0.6) is 0 Å². The summed E-state index contributed by atoms with van der Waals surface area (Å²) in [6, 6.07) is 0.348. The van der Waals surface area contributed by atoms with Crippen molar-refractivity contribution < 1.29 is 4.79 Å². The maximum Gasteiger partial charge on any atom is 0.224 e. The van der Waals surface area contributed by atoms with Crippen LogP contribution in [0.1, 0.15) is 47.5 Å². The standard InChI is InChI=1S/C14H28N2O/c1-9(2)13(15)7-14(17)16-8-10(3)6-11(4)12(16)5/h9-13H,6-8,15H2,1-5H3. The molecule has 0 saturated carbocycles. The van der Waals surface area contributed by atoms with Crippen LogP contribution in [0, 0.1) is 17.8 Å². The Hall–Kier alpha value is -0.570. The Balaban J connectivity index is 2.61. The van der Waals surface area contributed by atoms with Gasteiger partial charge in [0.25, 0.3) is 0 Å². The molecule has 3 nitrogen and oxygen atoms in total. The zero-order chi connectivity index (χ0) is 13.2. The maximum atomic E-state index is 12.3. The topological polar surface area (TPSA) is 46.3 Å². The fourth-order valence-electron chi connectivity index (χ4n) is 2.60. The molecule has 1 aliphatic rings. The van der Waals surface area contributed by atoms with Crippen molar-refractivity contribution in [2.45, 2.75) is 59.5 Å². The first-order valence-electron chi connectivity index (χ1n) is 6.88. The van der Waals surface area contributed by atoms with E-state index in [-0.39, 0.29) is 11.9 Å². The summed E-state index contributed by atoms with van der Waals surface area (Å²) in [5.74, 6) is 1.81. The van der Waals surface area contributed by atoms with Gasteiger partial charge in [0.15, 0.2) is 0 Å². The lowest BCUT2D eigenvalue weighted by Crippen LogP contribution is -2.50. The molecule has 1 aliphatic heterocycles. The normalized spacial score (nSPS) is 31.7. The van der Waals surface area contributed by atoms with Gasteiger partial charge in [0.2, 0.25) is 5.91 Å². The lowest BCUT2D eigenvalue weighted by molar-refractivity contribution is -0.137. The molecule has 0 radical (unpaired) electrons. The highest BCUT2D eigenvalue weighted by atomic mass is 16.2. The van der Waals surface area contributed by atoms with Crippen molar-refractivity contribution in [3.63, 3.8) is 0 Å². The molecule has 2 N–H and O–H groups in total. The molecule has 3 heteroatoms. The predicted octanol–water partition coefficient (Wildman–Crippen LogP) is 2.25. The van der Waals surface area contributed by atoms with E-state index in [9.17, 15) is 4.79 Å². The first-order chi connectivity index (χ1) is 7.82. The van der Waals surface area contributed by atoms with Crippen molar-refractivity contribution in [1.82, 2.24) is 4.90 Å². The number of hydrogen-bond donors (Lipinski definition) is 1. The molecule has 1 heterocycles. The van der Waals surface area contributed by atoms with Crippen molar-refractivity contribution in [3.8, 4) is 0 Å². The maximum absolute atomic E-state index is 12.3. The van der Waals surface area contributed by atoms with Crippen LogP contribution in [0.15, 0.2) is 0 Å². The zero-order valence-corrected chi connectivity index (χ0v) is 11.9. The van der Waals surface area contributed by atoms with Crippen molar-refractivity contribution >= 4 is 5.91 Å². The Morgan fingerprint density at radius 2 is 1.94 bits per heavy atom. The number of nitrogens with two attached hydrogens (primary N) is 1. The molecule has 4 unspecified atom stereocenters. The van der Waals surface area contributed by atoms with E-state index >= 15 is 0 Å². The molecule has 0 bridgehead atoms. The molecule has 1 amide bonds. The van der Waals surface area contributed by atoms with E-state index in [1.165, 1.54) is 6.42 Å². The monoisotopic (exact) mass is 240 g/mol. The molecule has 17 heavy (non-hydrogen) atoms. The van der Waals surface area contributed by atoms with Gasteiger partial charge in [-0.05, 0) is 31.1 Å². The smallest absolute Gasteiger partial charge is 0.224 e. The number of hydrogen-bond acceptors (Lipinski definition) is 2. The van der Waals surface area contributed by atoms with Crippen LogP contribution in [-0.2, 0) is 4.79 Å². The Morgan fingerprint density at radius 3 is 2.47 bits per heavy atom. The molecule has 1 rings (SSSR count). The van der Waals surface area contributed by atoms with Crippen molar-refractivity contribution in [2.75, 3.05) is 6.54 Å². The Bertz CT molecular complexity index is 265. The lowest BCUT2D eigenvalue weighted by Gasteiger charge is -2.41. The minimum atomic E-state index is -0.0118. The van der Waals surface area contributed by atoms with Gasteiger partial charge in [0.1, 0.15) is 0 Å². The summed E-state index contributed by atoms with van der Waals surface area (Å²) in [5, 5.41) is 0. The summed E-state index contributed by atoms with van der Waals surface area (Å²) >= 11 is 0. The largest absolute Gasteiger partial charge is 0.339 e. The van der Waals surface area contributed by atoms with Gasteiger partial charge in [-0.25, -0.2) is 0 Å². The summed E-state index contributed by atoms with van der Waals surface area (Å²) in [5.41, 5.74) is 5.99. The van der Waals surface area contributed by atoms with E-state index in [1.54, 1.807) is 0 Å². The average molecular weight is 240 g/mol. The van der Waals surface area contributed by atoms with Crippen LogP contribution in [0.4, 0.5) is 0 Å². The number of amides is 1. The highest BCUT2D eigenvalue weighted by molar-refractivity contribution is 5.77. The summed E-state index contributed by atoms with van der Waals surface area (Å²) < 4.78 is 0. The van der Waals surface area contributed by atoms with E-state index in [1.807, 2.05) is 4.90 Å². The molecule has 0 aromatic heterocycles. The molecular formula is C14H28N2O. The average Bonchev–Trinajstić information content (AvgIpc) is 2.22. The fourth-order valence-corrected chi connectivity index (χ4v) is 2.60. The summed E-state index contributed by atoms with van der Waals surface area (Å²) in [6.07, 6.45) is 1.71. The van der Waals surface area contributed by atoms with Crippen molar-refractivity contribution in [3.05, 3.63) is 0 Å². The molecule has 0 aromatic rings. The van der Waals surface area contributed by atoms with Crippen LogP contribution in [0.2, 0.25) is 0 Å². The molecular weight excluding hydrogens is 212 g/mol. The van der Waals surface area contributed by atoms with E-state index in [0.29, 0.717) is 30.2 Å². The summed E-state index contributed by atoms with van der Waals surface area (Å²) in [4.78, 5) is 14.3. The van der Waals surface area contributed by atoms with E-state index in [4.69, 9.17) is 5.73 Å². The molecule has 0 aromatic carbocycles. The second-order valence-corrected chi connectivity index (χ2v) is 6.22. The number of carbonyl (C=O) groups excluding carboxylic acids is 1. The SMILES string of the molecule is CC1CC(C)C(C)N(C(=O)CC(N)C(C)C)C1. The summed E-state index contributed by atoms with van der Waals surface area (Å²) in [7, 11) is 0. The van der Waals surface area contributed by atoms with Gasteiger partial charge in [-0.15, -0.1) is 0 Å². The second-order valence-electron chi connectivity index (χ2n) is 6.22.